The van der Waals surface area contributed by atoms with Crippen molar-refractivity contribution in [1.82, 2.24) is 4.90 Å². The highest BCUT2D eigenvalue weighted by Gasteiger charge is 2.22. The van der Waals surface area contributed by atoms with Crippen LogP contribution in [0.1, 0.15) is 12.8 Å². The van der Waals surface area contributed by atoms with E-state index in [1.165, 1.54) is 31.4 Å². The first-order valence-electron chi connectivity index (χ1n) is 9.39. The van der Waals surface area contributed by atoms with E-state index in [2.05, 4.69) is 10.0 Å². The smallest absolute Gasteiger partial charge is 0.340 e. The molecule has 1 aliphatic rings. The van der Waals surface area contributed by atoms with Crippen LogP contribution in [-0.4, -0.2) is 46.5 Å². The summed E-state index contributed by atoms with van der Waals surface area (Å²) in [6.07, 6.45) is 3.53. The van der Waals surface area contributed by atoms with Crippen molar-refractivity contribution in [2.24, 2.45) is 16.9 Å². The number of halogens is 1. The van der Waals surface area contributed by atoms with Gasteiger partial charge in [0.15, 0.2) is 0 Å². The third-order valence-electron chi connectivity index (χ3n) is 4.77. The molecule has 162 valence electrons. The zero-order valence-electron chi connectivity index (χ0n) is 16.5. The van der Waals surface area contributed by atoms with E-state index >= 15 is 0 Å². The average Bonchev–Trinajstić information content (AvgIpc) is 2.73. The standard InChI is InChI=1S/C20H24ClN3O5S/c1-27-16-10-17(28-13-15-6-8-24(9-7-15)14-23-22)12-18(11-16)29-30(25,26)20-5-3-2-4-19(20)21/h2-5,10-12,14-15H,6-9,13,22H2,1H3. The Morgan fingerprint density at radius 1 is 1.17 bits per heavy atom. The molecule has 30 heavy (non-hydrogen) atoms. The lowest BCUT2D eigenvalue weighted by Gasteiger charge is -2.30. The molecule has 0 radical (unpaired) electrons. The topological polar surface area (TPSA) is 103 Å². The van der Waals surface area contributed by atoms with Crippen molar-refractivity contribution < 1.29 is 22.1 Å². The van der Waals surface area contributed by atoms with E-state index in [1.807, 2.05) is 0 Å². The number of hydrogen-bond donors (Lipinski definition) is 1. The third-order valence-corrected chi connectivity index (χ3v) is 6.51. The summed E-state index contributed by atoms with van der Waals surface area (Å²) in [4.78, 5) is 1.96. The predicted octanol–water partition coefficient (Wildman–Crippen LogP) is 3.11. The van der Waals surface area contributed by atoms with Crippen LogP contribution >= 0.6 is 11.6 Å². The zero-order chi connectivity index (χ0) is 21.6. The fourth-order valence-electron chi connectivity index (χ4n) is 3.16. The molecule has 0 bridgehead atoms. The molecule has 0 atom stereocenters. The van der Waals surface area contributed by atoms with Gasteiger partial charge in [-0.2, -0.15) is 13.5 Å². The van der Waals surface area contributed by atoms with Crippen molar-refractivity contribution in [1.29, 1.82) is 0 Å². The number of piperidine rings is 1. The molecule has 0 aliphatic carbocycles. The quantitative estimate of drug-likeness (QED) is 0.215. The molecular formula is C20H24ClN3O5S. The Bertz CT molecular complexity index is 992. The third kappa shape index (κ3) is 5.70. The van der Waals surface area contributed by atoms with Crippen LogP contribution < -0.4 is 19.5 Å². The van der Waals surface area contributed by atoms with Gasteiger partial charge in [-0.1, -0.05) is 23.7 Å². The normalized spacial score (nSPS) is 15.3. The van der Waals surface area contributed by atoms with Crippen LogP contribution in [0.2, 0.25) is 5.02 Å². The number of hydrogen-bond acceptors (Lipinski definition) is 7. The van der Waals surface area contributed by atoms with Crippen molar-refractivity contribution in [2.75, 3.05) is 26.8 Å². The van der Waals surface area contributed by atoms with Crippen LogP contribution in [-0.2, 0) is 10.1 Å². The Labute approximate surface area is 181 Å². The number of likely N-dealkylation sites (tertiary alicyclic amines) is 1. The summed E-state index contributed by atoms with van der Waals surface area (Å²) in [6.45, 7) is 2.21. The van der Waals surface area contributed by atoms with Crippen molar-refractivity contribution in [3.05, 3.63) is 47.5 Å². The lowest BCUT2D eigenvalue weighted by Crippen LogP contribution is -2.34. The van der Waals surface area contributed by atoms with E-state index < -0.39 is 10.1 Å². The highest BCUT2D eigenvalue weighted by molar-refractivity contribution is 7.87. The van der Waals surface area contributed by atoms with Gasteiger partial charge in [-0.15, -0.1) is 0 Å². The van der Waals surface area contributed by atoms with E-state index in [4.69, 9.17) is 31.1 Å². The molecule has 10 heteroatoms. The molecule has 1 saturated heterocycles. The van der Waals surface area contributed by atoms with Gasteiger partial charge in [0.1, 0.15) is 28.5 Å². The average molecular weight is 454 g/mol. The van der Waals surface area contributed by atoms with Gasteiger partial charge in [0.05, 0.1) is 18.7 Å². The highest BCUT2D eigenvalue weighted by Crippen LogP contribution is 2.31. The van der Waals surface area contributed by atoms with Crippen LogP contribution in [0.15, 0.2) is 52.5 Å². The van der Waals surface area contributed by atoms with Crippen molar-refractivity contribution in [2.45, 2.75) is 17.7 Å². The van der Waals surface area contributed by atoms with Crippen LogP contribution in [0.3, 0.4) is 0 Å². The molecule has 1 fully saturated rings. The molecule has 3 rings (SSSR count). The summed E-state index contributed by atoms with van der Waals surface area (Å²) in [6, 6.07) is 10.8. The SMILES string of the molecule is COc1cc(OCC2CCN(C=NN)CC2)cc(OS(=O)(=O)c2ccccc2Cl)c1. The molecule has 0 amide bonds. The molecule has 1 aliphatic heterocycles. The number of hydrazone groups is 1. The molecule has 0 aromatic heterocycles. The van der Waals surface area contributed by atoms with Gasteiger partial charge in [0.2, 0.25) is 0 Å². The van der Waals surface area contributed by atoms with E-state index in [0.29, 0.717) is 24.0 Å². The Morgan fingerprint density at radius 3 is 2.50 bits per heavy atom. The van der Waals surface area contributed by atoms with Crippen molar-refractivity contribution >= 4 is 28.1 Å². The number of methoxy groups -OCH3 is 1. The lowest BCUT2D eigenvalue weighted by molar-refractivity contribution is 0.182. The Kier molecular flexibility index (Phi) is 7.28. The first kappa shape index (κ1) is 22.0. The van der Waals surface area contributed by atoms with Gasteiger partial charge in [0, 0.05) is 31.3 Å². The predicted molar refractivity (Wildman–Crippen MR) is 115 cm³/mol. The second-order valence-corrected chi connectivity index (χ2v) is 8.79. The summed E-state index contributed by atoms with van der Waals surface area (Å²) in [5, 5.41) is 3.63. The molecule has 2 aromatic carbocycles. The Balaban J connectivity index is 1.69. The van der Waals surface area contributed by atoms with Crippen molar-refractivity contribution in [3.8, 4) is 17.2 Å². The number of rotatable bonds is 8. The minimum atomic E-state index is -4.10. The van der Waals surface area contributed by atoms with Gasteiger partial charge in [-0.25, -0.2) is 0 Å². The first-order chi connectivity index (χ1) is 14.4. The number of benzene rings is 2. The van der Waals surface area contributed by atoms with Crippen LogP contribution in [0, 0.1) is 5.92 Å². The molecule has 1 heterocycles. The molecule has 0 saturated carbocycles. The molecule has 0 unspecified atom stereocenters. The summed E-state index contributed by atoms with van der Waals surface area (Å²) in [7, 11) is -2.62. The maximum absolute atomic E-state index is 12.6. The minimum absolute atomic E-state index is 0.0817. The maximum Gasteiger partial charge on any atom is 0.340 e. The second-order valence-electron chi connectivity index (χ2n) is 6.87. The number of ether oxygens (including phenoxy) is 2. The fourth-order valence-corrected chi connectivity index (χ4v) is 4.57. The maximum atomic E-state index is 12.6. The molecular weight excluding hydrogens is 430 g/mol. The van der Waals surface area contributed by atoms with Crippen LogP contribution in [0.25, 0.3) is 0 Å². The van der Waals surface area contributed by atoms with E-state index in [1.54, 1.807) is 24.5 Å². The van der Waals surface area contributed by atoms with Gasteiger partial charge in [0.25, 0.3) is 0 Å². The van der Waals surface area contributed by atoms with Crippen LogP contribution in [0.4, 0.5) is 0 Å². The number of nitrogens with zero attached hydrogens (tertiary/aromatic N) is 2. The Morgan fingerprint density at radius 2 is 1.83 bits per heavy atom. The van der Waals surface area contributed by atoms with E-state index in [-0.39, 0.29) is 15.7 Å². The monoisotopic (exact) mass is 453 g/mol. The van der Waals surface area contributed by atoms with Gasteiger partial charge in [-0.05, 0) is 30.9 Å². The largest absolute Gasteiger partial charge is 0.496 e. The summed E-state index contributed by atoms with van der Waals surface area (Å²) >= 11 is 6.00. The van der Waals surface area contributed by atoms with E-state index in [9.17, 15) is 8.42 Å². The van der Waals surface area contributed by atoms with Crippen LogP contribution in [0.5, 0.6) is 17.2 Å². The highest BCUT2D eigenvalue weighted by atomic mass is 35.5. The second kappa shape index (κ2) is 9.90. The fraction of sp³-hybridized carbons (Fsp3) is 0.350. The van der Waals surface area contributed by atoms with Gasteiger partial charge in [-0.3, -0.25) is 0 Å². The summed E-state index contributed by atoms with van der Waals surface area (Å²) < 4.78 is 41.7. The molecule has 2 N–H and O–H groups in total. The lowest BCUT2D eigenvalue weighted by atomic mass is 9.98. The summed E-state index contributed by atoms with van der Waals surface area (Å²) in [5.74, 6) is 6.53. The van der Waals surface area contributed by atoms with Crippen molar-refractivity contribution in [3.63, 3.8) is 0 Å². The van der Waals surface area contributed by atoms with E-state index in [0.717, 1.165) is 25.9 Å². The minimum Gasteiger partial charge on any atom is -0.496 e. The summed E-state index contributed by atoms with van der Waals surface area (Å²) in [5.41, 5.74) is 0. The molecule has 2 aromatic rings. The molecule has 8 nitrogen and oxygen atoms in total. The Hall–Kier alpha value is -2.65. The van der Waals surface area contributed by atoms with Gasteiger partial charge < -0.3 is 24.4 Å². The van der Waals surface area contributed by atoms with Gasteiger partial charge >= 0.3 is 10.1 Å². The first-order valence-corrected chi connectivity index (χ1v) is 11.2. The number of nitrogens with two attached hydrogens (primary N) is 1. The molecule has 0 spiro atoms. The zero-order valence-corrected chi connectivity index (χ0v) is 18.1.